The lowest BCUT2D eigenvalue weighted by Gasteiger charge is -2.42. The van der Waals surface area contributed by atoms with E-state index in [1.807, 2.05) is 40.7 Å². The molecule has 3 aromatic rings. The van der Waals surface area contributed by atoms with Crippen LogP contribution < -0.4 is 11.1 Å². The van der Waals surface area contributed by atoms with Crippen molar-refractivity contribution < 1.29 is 38.5 Å². The van der Waals surface area contributed by atoms with Gasteiger partial charge in [0, 0.05) is 52.6 Å². The number of aliphatic hydroxyl groups is 2. The summed E-state index contributed by atoms with van der Waals surface area (Å²) in [4.78, 5) is 23.3. The monoisotopic (exact) mass is 873 g/mol. The van der Waals surface area contributed by atoms with E-state index in [1.165, 1.54) is 12.5 Å². The molecule has 2 aliphatic carbocycles. The van der Waals surface area contributed by atoms with E-state index in [1.54, 1.807) is 42.4 Å². The second-order valence-corrected chi connectivity index (χ2v) is 20.9. The highest BCUT2D eigenvalue weighted by Gasteiger charge is 2.59. The van der Waals surface area contributed by atoms with Gasteiger partial charge in [-0.15, -0.1) is 23.7 Å². The van der Waals surface area contributed by atoms with E-state index in [0.29, 0.717) is 34.8 Å². The number of carbonyl (C=O) groups excluding carboxylic acids is 1. The number of carbonyl (C=O) groups is 1. The van der Waals surface area contributed by atoms with Crippen LogP contribution in [-0.4, -0.2) is 100 Å². The number of rotatable bonds is 11. The van der Waals surface area contributed by atoms with Gasteiger partial charge in [-0.3, -0.25) is 4.79 Å². The molecule has 13 nitrogen and oxygen atoms in total. The predicted octanol–water partition coefficient (Wildman–Crippen LogP) is 5.85. The number of anilines is 1. The Morgan fingerprint density at radius 2 is 1.75 bits per heavy atom. The topological polar surface area (TPSA) is 185 Å². The Kier molecular flexibility index (Phi) is 12.9. The third-order valence-corrected chi connectivity index (χ3v) is 14.1. The van der Waals surface area contributed by atoms with E-state index in [0.717, 1.165) is 11.3 Å². The summed E-state index contributed by atoms with van der Waals surface area (Å²) in [6, 6.07) is 7.08. The average molecular weight is 875 g/mol. The van der Waals surface area contributed by atoms with Gasteiger partial charge in [0.15, 0.2) is 17.8 Å². The lowest BCUT2D eigenvalue weighted by molar-refractivity contribution is -0.166. The Hall–Kier alpha value is -1.67. The largest absolute Gasteiger partial charge is 0.597 e. The number of fused-ring (bicyclic) bond motifs is 2. The Labute approximate surface area is 350 Å². The SMILES string of the molecule is CC1(C)O[C@@H]2[C@@H](CO)C[C@@H](Nc3ncncc3C(=O)c3cc([C@@H](c4cccc(Cl)c4)N(C(O)[C@@H]4C[C@@H](N)[C@@H]5OC(C)(C)O[C@@H]54)[S+]([O-])C(C)(C)C)c(Cl)s3)[C@@H]2O1.Cl. The maximum Gasteiger partial charge on any atom is 0.208 e. The number of hydrogen-bond acceptors (Lipinski definition) is 14. The van der Waals surface area contributed by atoms with Crippen LogP contribution in [0.3, 0.4) is 0 Å². The van der Waals surface area contributed by atoms with E-state index in [4.69, 9.17) is 47.9 Å². The average Bonchev–Trinajstić information content (AvgIpc) is 3.89. The minimum Gasteiger partial charge on any atom is -0.597 e. The third-order valence-electron chi connectivity index (χ3n) is 10.7. The molecule has 7 rings (SSSR count). The third kappa shape index (κ3) is 8.50. The zero-order valence-electron chi connectivity index (χ0n) is 32.2. The number of ketones is 1. The molecular formula is C38H50Cl3N5O8S2. The molecule has 11 atom stereocenters. The maximum absolute atomic E-state index is 14.8. The van der Waals surface area contributed by atoms with Gasteiger partial charge in [0.2, 0.25) is 5.78 Å². The summed E-state index contributed by atoms with van der Waals surface area (Å²) in [5.41, 5.74) is 7.81. The second kappa shape index (κ2) is 16.4. The standard InChI is InChI=1S/C38H49Cl2N5O8S2.ClH/c1-36(2,3)55(49)45(35(48)22-13-24(41)31-30(22)51-38(6,7)52-31)27(18-9-8-10-20(39)11-18)21-14-26(54-33(21)40)28(47)23-15-42-17-43-34(23)44-25-12-19(16-46)29-32(25)53-37(4,5)50-29;/h8-11,14-15,17,19,22,24-25,27,29-32,35,46,48H,12-13,16,41H2,1-7H3,(H,42,43,44);1H/t19-,22-,24-,25-,27-,29-,30-,31+,32+,35?,55?;/m1./s1. The highest BCUT2D eigenvalue weighted by molar-refractivity contribution is 7.90. The number of nitrogens with one attached hydrogen (secondary N) is 1. The van der Waals surface area contributed by atoms with Gasteiger partial charge in [-0.25, -0.2) is 9.97 Å². The van der Waals surface area contributed by atoms with Gasteiger partial charge in [0.1, 0.15) is 35.1 Å². The molecule has 2 aromatic heterocycles. The van der Waals surface area contributed by atoms with Crippen molar-refractivity contribution in [1.29, 1.82) is 0 Å². The maximum atomic E-state index is 14.8. The fraction of sp³-hybridized carbons (Fsp3) is 0.605. The molecule has 0 amide bonds. The summed E-state index contributed by atoms with van der Waals surface area (Å²) in [6.07, 6.45) is 0.642. The van der Waals surface area contributed by atoms with Crippen molar-refractivity contribution in [3.63, 3.8) is 0 Å². The molecule has 18 heteroatoms. The molecule has 0 radical (unpaired) electrons. The first kappa shape index (κ1) is 43.9. The lowest BCUT2D eigenvalue weighted by Crippen LogP contribution is -2.54. The molecule has 2 unspecified atom stereocenters. The number of nitrogens with zero attached hydrogens (tertiary/aromatic N) is 3. The number of ether oxygens (including phenoxy) is 4. The van der Waals surface area contributed by atoms with E-state index < -0.39 is 69.9 Å². The number of hydrogen-bond donors (Lipinski definition) is 4. The highest BCUT2D eigenvalue weighted by Crippen LogP contribution is 2.49. The van der Waals surface area contributed by atoms with Crippen LogP contribution in [0, 0.1) is 11.8 Å². The van der Waals surface area contributed by atoms with Crippen LogP contribution >= 0.6 is 46.9 Å². The number of halogens is 3. The van der Waals surface area contributed by atoms with Gasteiger partial charge in [0.05, 0.1) is 33.0 Å². The van der Waals surface area contributed by atoms with E-state index in [-0.39, 0.29) is 58.0 Å². The predicted molar refractivity (Wildman–Crippen MR) is 217 cm³/mol. The number of benzene rings is 1. The van der Waals surface area contributed by atoms with Crippen molar-refractivity contribution in [2.45, 2.75) is 126 Å². The zero-order valence-corrected chi connectivity index (χ0v) is 36.1. The van der Waals surface area contributed by atoms with Gasteiger partial charge >= 0.3 is 0 Å². The van der Waals surface area contributed by atoms with Gasteiger partial charge in [-0.2, -0.15) is 0 Å². The summed E-state index contributed by atoms with van der Waals surface area (Å²) in [7, 11) is 0. The summed E-state index contributed by atoms with van der Waals surface area (Å²) in [5, 5.41) is 26.4. The molecular weight excluding hydrogens is 825 g/mol. The Morgan fingerprint density at radius 1 is 1.09 bits per heavy atom. The molecule has 308 valence electrons. The molecule has 2 saturated heterocycles. The van der Waals surface area contributed by atoms with E-state index in [9.17, 15) is 19.6 Å². The normalized spacial score (nSPS) is 30.8. The number of aliphatic hydroxyl groups excluding tert-OH is 2. The molecule has 0 bridgehead atoms. The van der Waals surface area contributed by atoms with Crippen LogP contribution in [0.25, 0.3) is 0 Å². The van der Waals surface area contributed by atoms with Crippen LogP contribution in [0.1, 0.15) is 93.7 Å². The quantitative estimate of drug-likeness (QED) is 0.102. The molecule has 5 N–H and O–H groups in total. The molecule has 2 saturated carbocycles. The van der Waals surface area contributed by atoms with Gasteiger partial charge in [-0.1, -0.05) is 39.6 Å². The summed E-state index contributed by atoms with van der Waals surface area (Å²) in [6.45, 7) is 12.7. The van der Waals surface area contributed by atoms with Crippen LogP contribution in [-0.2, 0) is 30.3 Å². The Balaban J connectivity index is 0.00000532. The minimum absolute atomic E-state index is 0. The molecule has 4 heterocycles. The van der Waals surface area contributed by atoms with Crippen molar-refractivity contribution in [2.75, 3.05) is 11.9 Å². The van der Waals surface area contributed by atoms with Crippen molar-refractivity contribution in [3.8, 4) is 0 Å². The number of aromatic nitrogens is 2. The van der Waals surface area contributed by atoms with Crippen LogP contribution in [0.5, 0.6) is 0 Å². The van der Waals surface area contributed by atoms with Crippen molar-refractivity contribution in [3.05, 3.63) is 73.8 Å². The minimum atomic E-state index is -1.85. The summed E-state index contributed by atoms with van der Waals surface area (Å²) in [5.74, 6) is -2.57. The summed E-state index contributed by atoms with van der Waals surface area (Å²) < 4.78 is 40.5. The van der Waals surface area contributed by atoms with Gasteiger partial charge in [0.25, 0.3) is 0 Å². The smallest absolute Gasteiger partial charge is 0.208 e. The van der Waals surface area contributed by atoms with Crippen LogP contribution in [0.2, 0.25) is 9.36 Å². The first-order valence-corrected chi connectivity index (χ1v) is 21.1. The van der Waals surface area contributed by atoms with Crippen LogP contribution in [0.15, 0.2) is 42.9 Å². The van der Waals surface area contributed by atoms with Crippen molar-refractivity contribution in [2.24, 2.45) is 17.6 Å². The molecule has 4 fully saturated rings. The van der Waals surface area contributed by atoms with Crippen LogP contribution in [0.4, 0.5) is 5.82 Å². The van der Waals surface area contributed by atoms with Crippen molar-refractivity contribution >= 4 is 69.9 Å². The second-order valence-electron chi connectivity index (χ2n) is 16.7. The fourth-order valence-electron chi connectivity index (χ4n) is 8.35. The van der Waals surface area contributed by atoms with Gasteiger partial charge in [-0.05, 0) is 85.1 Å². The number of thiophene rings is 1. The molecule has 0 spiro atoms. The Bertz CT molecular complexity index is 1900. The summed E-state index contributed by atoms with van der Waals surface area (Å²) >= 11 is 12.9. The lowest BCUT2D eigenvalue weighted by atomic mass is 9.97. The highest BCUT2D eigenvalue weighted by atomic mass is 35.5. The van der Waals surface area contributed by atoms with E-state index >= 15 is 0 Å². The molecule has 2 aliphatic heterocycles. The Morgan fingerprint density at radius 3 is 2.41 bits per heavy atom. The first-order valence-electron chi connectivity index (χ1n) is 18.4. The van der Waals surface area contributed by atoms with E-state index in [2.05, 4.69) is 15.3 Å². The molecule has 4 aliphatic rings. The molecule has 56 heavy (non-hydrogen) atoms. The first-order chi connectivity index (χ1) is 25.8. The molecule has 1 aromatic carbocycles. The fourth-order valence-corrected chi connectivity index (χ4v) is 11.2. The van der Waals surface area contributed by atoms with Gasteiger partial charge < -0.3 is 44.8 Å². The zero-order chi connectivity index (χ0) is 39.8. The number of nitrogens with two attached hydrogens (primary N) is 1. The van der Waals surface area contributed by atoms with Crippen molar-refractivity contribution in [1.82, 2.24) is 14.3 Å².